The van der Waals surface area contributed by atoms with Gasteiger partial charge in [0.2, 0.25) is 0 Å². The minimum absolute atomic E-state index is 0.133. The average Bonchev–Trinajstić information content (AvgIpc) is 3.56. The highest BCUT2D eigenvalue weighted by Crippen LogP contribution is 2.58. The third-order valence-corrected chi connectivity index (χ3v) is 8.50. The number of rotatable bonds is 6. The number of benzene rings is 3. The molecule has 0 aromatic heterocycles. The maximum Gasteiger partial charge on any atom is 0.256 e. The van der Waals surface area contributed by atoms with Gasteiger partial charge in [-0.15, -0.1) is 0 Å². The number of nitro groups is 1. The van der Waals surface area contributed by atoms with Crippen molar-refractivity contribution in [1.82, 2.24) is 4.90 Å². The van der Waals surface area contributed by atoms with Gasteiger partial charge < -0.3 is 14.8 Å². The Balaban J connectivity index is 1.39. The quantitative estimate of drug-likeness (QED) is 0.331. The molecule has 0 bridgehead atoms. The summed E-state index contributed by atoms with van der Waals surface area (Å²) in [7, 11) is 1.56. The van der Waals surface area contributed by atoms with E-state index in [9.17, 15) is 14.9 Å². The molecule has 9 heteroatoms. The molecule has 37 heavy (non-hydrogen) atoms. The first-order valence-corrected chi connectivity index (χ1v) is 13.1. The summed E-state index contributed by atoms with van der Waals surface area (Å²) in [5.74, 6) is 0.278. The number of amides is 1. The largest absolute Gasteiger partial charge is 0.493 e. The van der Waals surface area contributed by atoms with Gasteiger partial charge in [-0.3, -0.25) is 19.8 Å². The smallest absolute Gasteiger partial charge is 0.256 e. The number of hydrogen-bond acceptors (Lipinski definition) is 6. The van der Waals surface area contributed by atoms with Gasteiger partial charge in [0.05, 0.1) is 13.0 Å². The van der Waals surface area contributed by atoms with E-state index in [1.807, 2.05) is 66.7 Å². The summed E-state index contributed by atoms with van der Waals surface area (Å²) in [4.78, 5) is 28.2. The minimum atomic E-state index is -1.34. The Labute approximate surface area is 222 Å². The number of halogens is 1. The van der Waals surface area contributed by atoms with Crippen molar-refractivity contribution >= 4 is 27.5 Å². The van der Waals surface area contributed by atoms with E-state index in [1.165, 1.54) is 0 Å². The number of nitrogens with one attached hydrogen (secondary N) is 1. The van der Waals surface area contributed by atoms with Crippen LogP contribution in [0.15, 0.2) is 71.2 Å². The average molecular weight is 564 g/mol. The Morgan fingerprint density at radius 3 is 2.68 bits per heavy atom. The Hall–Kier alpha value is -3.43. The predicted octanol–water partition coefficient (Wildman–Crippen LogP) is 5.09. The maximum absolute atomic E-state index is 13.6. The number of methoxy groups -OCH3 is 1. The van der Waals surface area contributed by atoms with Crippen molar-refractivity contribution in [2.45, 2.75) is 43.0 Å². The van der Waals surface area contributed by atoms with Crippen molar-refractivity contribution in [2.24, 2.45) is 0 Å². The van der Waals surface area contributed by atoms with Crippen molar-refractivity contribution in [3.63, 3.8) is 0 Å². The number of nitrogens with zero attached hydrogens (tertiary/aromatic N) is 2. The molecule has 2 fully saturated rings. The summed E-state index contributed by atoms with van der Waals surface area (Å²) in [5, 5.41) is 15.7. The maximum atomic E-state index is 13.6. The van der Waals surface area contributed by atoms with Gasteiger partial charge in [-0.2, -0.15) is 0 Å². The van der Waals surface area contributed by atoms with Gasteiger partial charge in [0.25, 0.3) is 11.9 Å². The van der Waals surface area contributed by atoms with Crippen LogP contribution in [0.4, 0.5) is 5.69 Å². The van der Waals surface area contributed by atoms with E-state index in [0.717, 1.165) is 28.4 Å². The molecule has 2 saturated heterocycles. The molecular formula is C28H26BrN3O5. The van der Waals surface area contributed by atoms with E-state index in [0.29, 0.717) is 35.9 Å². The van der Waals surface area contributed by atoms with Crippen molar-refractivity contribution in [3.05, 3.63) is 98.0 Å². The van der Waals surface area contributed by atoms with Crippen LogP contribution in [0.1, 0.15) is 35.4 Å². The molecule has 3 aliphatic rings. The van der Waals surface area contributed by atoms with E-state index in [4.69, 9.17) is 9.47 Å². The zero-order valence-electron chi connectivity index (χ0n) is 20.2. The fraction of sp³-hybridized carbons (Fsp3) is 0.321. The van der Waals surface area contributed by atoms with Crippen molar-refractivity contribution in [2.75, 3.05) is 19.0 Å². The summed E-state index contributed by atoms with van der Waals surface area (Å²) in [6.07, 6.45) is 1.67. The normalized spacial score (nSPS) is 26.1. The zero-order valence-corrected chi connectivity index (χ0v) is 21.8. The summed E-state index contributed by atoms with van der Waals surface area (Å²) in [6.45, 7) is 0.999. The molecule has 4 atom stereocenters. The molecule has 1 spiro atoms. The van der Waals surface area contributed by atoms with E-state index >= 15 is 0 Å². The second kappa shape index (κ2) is 9.15. The van der Waals surface area contributed by atoms with Crippen LogP contribution < -0.4 is 14.8 Å². The molecule has 190 valence electrons. The highest BCUT2D eigenvalue weighted by molar-refractivity contribution is 9.10. The number of hydrogen-bond donors (Lipinski definition) is 1. The molecule has 6 rings (SSSR count). The van der Waals surface area contributed by atoms with E-state index in [1.54, 1.807) is 7.11 Å². The summed E-state index contributed by atoms with van der Waals surface area (Å²) < 4.78 is 12.7. The lowest BCUT2D eigenvalue weighted by atomic mass is 9.77. The fourth-order valence-corrected chi connectivity index (χ4v) is 6.79. The Morgan fingerprint density at radius 1 is 1.14 bits per heavy atom. The van der Waals surface area contributed by atoms with Gasteiger partial charge in [-0.25, -0.2) is 0 Å². The SMILES string of the molecule is COc1cc([C@H]2[C@H]([N+](=O)[O-])[C@]3(C(=O)Nc4ccccc43)N3CCC[C@@H]23)ccc1OCc1ccc(Br)cc1. The monoisotopic (exact) mass is 563 g/mol. The highest BCUT2D eigenvalue weighted by Gasteiger charge is 2.73. The molecular weight excluding hydrogens is 538 g/mol. The first kappa shape index (κ1) is 23.9. The highest BCUT2D eigenvalue weighted by atomic mass is 79.9. The lowest BCUT2D eigenvalue weighted by Crippen LogP contribution is -2.55. The van der Waals surface area contributed by atoms with Crippen LogP contribution in [0.25, 0.3) is 0 Å². The molecule has 0 saturated carbocycles. The third kappa shape index (κ3) is 3.63. The molecule has 3 aromatic rings. The fourth-order valence-electron chi connectivity index (χ4n) is 6.53. The zero-order chi connectivity index (χ0) is 25.7. The lowest BCUT2D eigenvalue weighted by Gasteiger charge is -2.32. The first-order valence-electron chi connectivity index (χ1n) is 12.3. The second-order valence-corrected chi connectivity index (χ2v) is 10.7. The van der Waals surface area contributed by atoms with E-state index in [2.05, 4.69) is 26.1 Å². The summed E-state index contributed by atoms with van der Waals surface area (Å²) in [5.41, 5.74) is 1.79. The van der Waals surface area contributed by atoms with Crippen LogP contribution in [0, 0.1) is 10.1 Å². The Morgan fingerprint density at radius 2 is 1.92 bits per heavy atom. The minimum Gasteiger partial charge on any atom is -0.493 e. The van der Waals surface area contributed by atoms with Crippen molar-refractivity contribution < 1.29 is 19.2 Å². The first-order chi connectivity index (χ1) is 17.9. The standard InChI is InChI=1S/C28H26BrN3O5/c1-36-24-15-18(10-13-23(24)37-16-17-8-11-19(29)12-9-17)25-22-7-4-14-31(22)28(26(25)32(34)35)20-5-2-3-6-21(20)30-27(28)33/h2-3,5-6,8-13,15,22,25-26H,4,7,14,16H2,1H3,(H,30,33)/t22-,25+,26-,28+/m0/s1. The van der Waals surface area contributed by atoms with Crippen LogP contribution in [0.3, 0.4) is 0 Å². The van der Waals surface area contributed by atoms with Crippen molar-refractivity contribution in [3.8, 4) is 11.5 Å². The van der Waals surface area contributed by atoms with Crippen LogP contribution in [0.2, 0.25) is 0 Å². The van der Waals surface area contributed by atoms with Gasteiger partial charge in [-0.1, -0.05) is 52.3 Å². The molecule has 1 amide bonds. The number of ether oxygens (including phenoxy) is 2. The van der Waals surface area contributed by atoms with Crippen LogP contribution in [-0.4, -0.2) is 41.5 Å². The third-order valence-electron chi connectivity index (χ3n) is 7.97. The van der Waals surface area contributed by atoms with Gasteiger partial charge >= 0.3 is 0 Å². The molecule has 1 N–H and O–H groups in total. The van der Waals surface area contributed by atoms with E-state index in [-0.39, 0.29) is 16.9 Å². The predicted molar refractivity (Wildman–Crippen MR) is 141 cm³/mol. The van der Waals surface area contributed by atoms with Gasteiger partial charge in [0, 0.05) is 33.2 Å². The summed E-state index contributed by atoms with van der Waals surface area (Å²) >= 11 is 3.44. The molecule has 0 aliphatic carbocycles. The van der Waals surface area contributed by atoms with Crippen LogP contribution >= 0.6 is 15.9 Å². The topological polar surface area (TPSA) is 93.9 Å². The lowest BCUT2D eigenvalue weighted by molar-refractivity contribution is -0.534. The Bertz CT molecular complexity index is 1380. The number of anilines is 1. The van der Waals surface area contributed by atoms with Crippen LogP contribution in [-0.2, 0) is 16.9 Å². The van der Waals surface area contributed by atoms with Gasteiger partial charge in [0.1, 0.15) is 6.61 Å². The molecule has 0 unspecified atom stereocenters. The Kier molecular flexibility index (Phi) is 5.92. The van der Waals surface area contributed by atoms with Gasteiger partial charge in [-0.05, 0) is 54.3 Å². The summed E-state index contributed by atoms with van der Waals surface area (Å²) in [6, 6.07) is 19.5. The molecule has 8 nitrogen and oxygen atoms in total. The van der Waals surface area contributed by atoms with Gasteiger partial charge in [0.15, 0.2) is 17.0 Å². The van der Waals surface area contributed by atoms with Crippen molar-refractivity contribution in [1.29, 1.82) is 0 Å². The van der Waals surface area contributed by atoms with E-state index < -0.39 is 17.5 Å². The number of para-hydroxylation sites is 1. The number of carbonyl (C=O) groups is 1. The molecule has 0 radical (unpaired) electrons. The molecule has 3 aliphatic heterocycles. The molecule has 3 aromatic carbocycles. The van der Waals surface area contributed by atoms with Crippen LogP contribution in [0.5, 0.6) is 11.5 Å². The second-order valence-electron chi connectivity index (χ2n) is 9.75. The number of fused-ring (bicyclic) bond motifs is 4. The number of carbonyl (C=O) groups excluding carboxylic acids is 1. The molecule has 3 heterocycles.